The lowest BCUT2D eigenvalue weighted by Gasteiger charge is -2.37. The predicted octanol–water partition coefficient (Wildman–Crippen LogP) is 3.98. The number of carbonyl (C=O) groups excluding carboxylic acids is 4. The zero-order valence-electron chi connectivity index (χ0n) is 25.7. The van der Waals surface area contributed by atoms with E-state index in [1.807, 2.05) is 30.3 Å². The van der Waals surface area contributed by atoms with Crippen molar-refractivity contribution in [1.29, 1.82) is 0 Å². The Morgan fingerprint density at radius 1 is 1.15 bits per heavy atom. The van der Waals surface area contributed by atoms with Gasteiger partial charge in [-0.25, -0.2) is 0 Å². The standard InChI is InChI=1S/C35H40ClN3O7/c1-3-5-16-28(41)45-22-25(23-12-7-6-8-13-23)37-32(42)29-27-17-18-35(46-27)30(29)33(43)39(20-11-21-40)31(35)34(44)38(19-4-2)26-15-10-9-14-24(26)36/h3-4,6-10,12-15,25,27,29-31,40H,1-2,5,11,16-22H2,(H,37,42)/t25-,27-,29+,30+,31-,35+/m0/s1. The minimum absolute atomic E-state index is 0.0915. The maximum Gasteiger partial charge on any atom is 0.306 e. The zero-order valence-corrected chi connectivity index (χ0v) is 26.4. The number of esters is 1. The molecule has 0 unspecified atom stereocenters. The molecule has 3 heterocycles. The molecule has 3 aliphatic rings. The van der Waals surface area contributed by atoms with Crippen molar-refractivity contribution in [1.82, 2.24) is 10.2 Å². The molecule has 3 saturated heterocycles. The van der Waals surface area contributed by atoms with Crippen LogP contribution in [0.25, 0.3) is 0 Å². The van der Waals surface area contributed by atoms with Crippen molar-refractivity contribution in [3.05, 3.63) is 90.5 Å². The molecule has 1 spiro atoms. The van der Waals surface area contributed by atoms with Crippen LogP contribution in [0.1, 0.15) is 43.7 Å². The minimum Gasteiger partial charge on any atom is -0.463 e. The molecule has 5 rings (SSSR count). The number of carbonyl (C=O) groups is 4. The van der Waals surface area contributed by atoms with Crippen LogP contribution in [-0.4, -0.2) is 77.7 Å². The van der Waals surface area contributed by atoms with Crippen molar-refractivity contribution < 1.29 is 33.8 Å². The van der Waals surface area contributed by atoms with Crippen LogP contribution in [0, 0.1) is 11.8 Å². The van der Waals surface area contributed by atoms with E-state index in [1.54, 1.807) is 36.4 Å². The van der Waals surface area contributed by atoms with E-state index >= 15 is 0 Å². The molecule has 3 aliphatic heterocycles. The molecule has 2 bridgehead atoms. The van der Waals surface area contributed by atoms with E-state index in [9.17, 15) is 24.3 Å². The van der Waals surface area contributed by atoms with E-state index < -0.39 is 53.4 Å². The molecule has 0 aromatic heterocycles. The summed E-state index contributed by atoms with van der Waals surface area (Å²) in [5, 5.41) is 13.1. The number of likely N-dealkylation sites (tertiary alicyclic amines) is 1. The quantitative estimate of drug-likeness (QED) is 0.221. The Bertz CT molecular complexity index is 1470. The number of allylic oxidation sites excluding steroid dienone is 1. The van der Waals surface area contributed by atoms with Crippen LogP contribution in [0.4, 0.5) is 5.69 Å². The zero-order chi connectivity index (χ0) is 32.8. The van der Waals surface area contributed by atoms with Gasteiger partial charge in [-0.05, 0) is 43.4 Å². The summed E-state index contributed by atoms with van der Waals surface area (Å²) in [6.07, 6.45) is 4.44. The van der Waals surface area contributed by atoms with Gasteiger partial charge in [0.25, 0.3) is 5.91 Å². The van der Waals surface area contributed by atoms with Crippen LogP contribution in [-0.2, 0) is 28.7 Å². The Kier molecular flexibility index (Phi) is 10.6. The molecule has 3 amide bonds. The van der Waals surface area contributed by atoms with Crippen LogP contribution in [0.3, 0.4) is 0 Å². The molecular weight excluding hydrogens is 610 g/mol. The van der Waals surface area contributed by atoms with Gasteiger partial charge >= 0.3 is 5.97 Å². The van der Waals surface area contributed by atoms with Crippen LogP contribution >= 0.6 is 11.6 Å². The summed E-state index contributed by atoms with van der Waals surface area (Å²) in [6, 6.07) is 14.4. The largest absolute Gasteiger partial charge is 0.463 e. The normalized spacial score (nSPS) is 25.1. The number of aliphatic hydroxyl groups is 1. The number of para-hydroxylation sites is 1. The molecule has 244 valence electrons. The molecule has 2 aromatic carbocycles. The molecule has 46 heavy (non-hydrogen) atoms. The molecule has 0 aliphatic carbocycles. The number of anilines is 1. The van der Waals surface area contributed by atoms with Gasteiger partial charge in [-0.15, -0.1) is 13.2 Å². The number of nitrogens with one attached hydrogen (secondary N) is 1. The third-order valence-corrected chi connectivity index (χ3v) is 9.42. The Labute approximate surface area is 274 Å². The molecule has 3 fully saturated rings. The fraction of sp³-hybridized carbons (Fsp3) is 0.429. The number of hydrogen-bond donors (Lipinski definition) is 2. The number of nitrogens with zero attached hydrogens (tertiary/aromatic N) is 2. The number of benzene rings is 2. The van der Waals surface area contributed by atoms with E-state index in [0.29, 0.717) is 30.0 Å². The second-order valence-electron chi connectivity index (χ2n) is 11.8. The lowest BCUT2D eigenvalue weighted by atomic mass is 9.70. The summed E-state index contributed by atoms with van der Waals surface area (Å²) >= 11 is 6.51. The van der Waals surface area contributed by atoms with E-state index in [2.05, 4.69) is 18.5 Å². The van der Waals surface area contributed by atoms with Gasteiger partial charge in [0.1, 0.15) is 18.2 Å². The lowest BCUT2D eigenvalue weighted by molar-refractivity contribution is -0.146. The van der Waals surface area contributed by atoms with Crippen LogP contribution in [0.15, 0.2) is 79.9 Å². The third-order valence-electron chi connectivity index (χ3n) is 9.10. The fourth-order valence-electron chi connectivity index (χ4n) is 7.11. The van der Waals surface area contributed by atoms with Gasteiger partial charge in [-0.1, -0.05) is 66.2 Å². The van der Waals surface area contributed by atoms with Crippen LogP contribution in [0.5, 0.6) is 0 Å². The number of halogens is 1. The predicted molar refractivity (Wildman–Crippen MR) is 173 cm³/mol. The van der Waals surface area contributed by atoms with Gasteiger partial charge in [0.15, 0.2) is 0 Å². The van der Waals surface area contributed by atoms with Crippen molar-refractivity contribution >= 4 is 41.0 Å². The van der Waals surface area contributed by atoms with Gasteiger partial charge in [-0.2, -0.15) is 0 Å². The number of amides is 3. The van der Waals surface area contributed by atoms with Gasteiger partial charge in [0.2, 0.25) is 11.8 Å². The van der Waals surface area contributed by atoms with Gasteiger partial charge in [0.05, 0.1) is 34.7 Å². The maximum absolute atomic E-state index is 14.5. The summed E-state index contributed by atoms with van der Waals surface area (Å²) in [5.74, 6) is -3.36. The Hall–Kier alpha value is -3.99. The molecule has 10 nitrogen and oxygen atoms in total. The number of hydrogen-bond acceptors (Lipinski definition) is 7. The smallest absolute Gasteiger partial charge is 0.306 e. The molecule has 11 heteroatoms. The third kappa shape index (κ3) is 6.34. The topological polar surface area (TPSA) is 125 Å². The van der Waals surface area contributed by atoms with Crippen molar-refractivity contribution in [3.8, 4) is 0 Å². The minimum atomic E-state index is -1.24. The van der Waals surface area contributed by atoms with Gasteiger partial charge in [0, 0.05) is 26.1 Å². The molecular formula is C35H40ClN3O7. The monoisotopic (exact) mass is 649 g/mol. The van der Waals surface area contributed by atoms with Crippen LogP contribution in [0.2, 0.25) is 5.02 Å². The Morgan fingerprint density at radius 3 is 2.59 bits per heavy atom. The van der Waals surface area contributed by atoms with Gasteiger partial charge in [-0.3, -0.25) is 19.2 Å². The highest BCUT2D eigenvalue weighted by atomic mass is 35.5. The average Bonchev–Trinajstić information content (AvgIpc) is 3.71. The fourth-order valence-corrected chi connectivity index (χ4v) is 7.35. The highest BCUT2D eigenvalue weighted by Gasteiger charge is 2.74. The van der Waals surface area contributed by atoms with Crippen molar-refractivity contribution in [2.75, 3.05) is 31.2 Å². The summed E-state index contributed by atoms with van der Waals surface area (Å²) in [4.78, 5) is 58.2. The van der Waals surface area contributed by atoms with E-state index in [1.165, 1.54) is 9.80 Å². The summed E-state index contributed by atoms with van der Waals surface area (Å²) in [6.45, 7) is 7.43. The number of ether oxygens (including phenoxy) is 2. The van der Waals surface area contributed by atoms with E-state index in [-0.39, 0.29) is 45.1 Å². The van der Waals surface area contributed by atoms with E-state index in [4.69, 9.17) is 21.1 Å². The Balaban J connectivity index is 1.45. The summed E-state index contributed by atoms with van der Waals surface area (Å²) in [7, 11) is 0. The van der Waals surface area contributed by atoms with Gasteiger partial charge < -0.3 is 29.7 Å². The molecule has 0 radical (unpaired) electrons. The number of rotatable bonds is 15. The van der Waals surface area contributed by atoms with Crippen molar-refractivity contribution in [2.24, 2.45) is 11.8 Å². The van der Waals surface area contributed by atoms with Crippen molar-refractivity contribution in [3.63, 3.8) is 0 Å². The first-order valence-electron chi connectivity index (χ1n) is 15.6. The maximum atomic E-state index is 14.5. The number of fused-ring (bicyclic) bond motifs is 1. The van der Waals surface area contributed by atoms with Crippen LogP contribution < -0.4 is 10.2 Å². The van der Waals surface area contributed by atoms with E-state index in [0.717, 1.165) is 5.56 Å². The lowest BCUT2D eigenvalue weighted by Crippen LogP contribution is -2.56. The summed E-state index contributed by atoms with van der Waals surface area (Å²) in [5.41, 5.74) is -0.0314. The van der Waals surface area contributed by atoms with Crippen molar-refractivity contribution in [2.45, 2.75) is 55.9 Å². The molecule has 2 N–H and O–H groups in total. The first kappa shape index (κ1) is 33.4. The second kappa shape index (κ2) is 14.6. The first-order valence-corrected chi connectivity index (χ1v) is 16.0. The SMILES string of the molecule is C=CCCC(=O)OC[C@H](NC(=O)[C@@H]1[C@@H]2CC[C@]3(O2)[C@H](C(=O)N(CC=C)c2ccccc2Cl)N(CCCO)C(=O)[C@@H]13)c1ccccc1. The molecule has 2 aromatic rings. The number of aliphatic hydroxyl groups excluding tert-OH is 1. The highest BCUT2D eigenvalue weighted by Crippen LogP contribution is 2.58. The summed E-state index contributed by atoms with van der Waals surface area (Å²) < 4.78 is 12.1. The average molecular weight is 650 g/mol. The molecule has 6 atom stereocenters. The molecule has 0 saturated carbocycles. The second-order valence-corrected chi connectivity index (χ2v) is 12.2. The highest BCUT2D eigenvalue weighted by molar-refractivity contribution is 6.34. The Morgan fingerprint density at radius 2 is 1.89 bits per heavy atom. The first-order chi connectivity index (χ1) is 22.3.